The zero-order chi connectivity index (χ0) is 16.1. The van der Waals surface area contributed by atoms with Gasteiger partial charge < -0.3 is 15.2 Å². The van der Waals surface area contributed by atoms with E-state index in [4.69, 9.17) is 0 Å². The van der Waals surface area contributed by atoms with Crippen LogP contribution in [0.25, 0.3) is 10.9 Å². The van der Waals surface area contributed by atoms with Gasteiger partial charge in [-0.1, -0.05) is 12.1 Å². The molecule has 3 atom stereocenters. The van der Waals surface area contributed by atoms with E-state index in [1.54, 1.807) is 0 Å². The summed E-state index contributed by atoms with van der Waals surface area (Å²) < 4.78 is 0. The molecule has 0 spiro atoms. The third-order valence-electron chi connectivity index (χ3n) is 5.76. The Kier molecular flexibility index (Phi) is 3.13. The Morgan fingerprint density at radius 2 is 2.21 bits per heavy atom. The number of nitrogens with zero attached hydrogens (tertiary/aromatic N) is 2. The van der Waals surface area contributed by atoms with Gasteiger partial charge in [-0.2, -0.15) is 0 Å². The second-order valence-corrected chi connectivity index (χ2v) is 7.22. The summed E-state index contributed by atoms with van der Waals surface area (Å²) in [4.78, 5) is 10.2. The third kappa shape index (κ3) is 2.13. The number of anilines is 1. The standard InChI is InChI=1S/C20H22N4/c1-24-12-15(23-14-4-3-7-21-11-14)9-17-16-5-2-6-18-20(16)13(10-22-18)8-19(17)24/h2-7,10-11,15,17,19,22-23H,8-9,12H2,1H3/t15-,17?,19-/m1/s1. The second kappa shape index (κ2) is 5.35. The Morgan fingerprint density at radius 1 is 1.25 bits per heavy atom. The van der Waals surface area contributed by atoms with Crippen molar-refractivity contribution in [3.8, 4) is 0 Å². The summed E-state index contributed by atoms with van der Waals surface area (Å²) in [5.41, 5.74) is 5.40. The molecule has 122 valence electrons. The maximum absolute atomic E-state index is 4.22. The molecular weight excluding hydrogens is 296 g/mol. The van der Waals surface area contributed by atoms with Crippen LogP contribution < -0.4 is 5.32 Å². The molecule has 1 saturated heterocycles. The van der Waals surface area contributed by atoms with Gasteiger partial charge in [0.1, 0.15) is 0 Å². The van der Waals surface area contributed by atoms with Crippen LogP contribution in [0.3, 0.4) is 0 Å². The van der Waals surface area contributed by atoms with Crippen molar-refractivity contribution in [2.45, 2.75) is 30.8 Å². The number of likely N-dealkylation sites (tertiary alicyclic amines) is 1. The maximum atomic E-state index is 4.22. The van der Waals surface area contributed by atoms with Crippen LogP contribution >= 0.6 is 0 Å². The Bertz CT molecular complexity index is 870. The Balaban J connectivity index is 1.49. The number of likely N-dealkylation sites (N-methyl/N-ethyl adjacent to an activating group) is 1. The first-order valence-corrected chi connectivity index (χ1v) is 8.75. The van der Waals surface area contributed by atoms with Gasteiger partial charge in [-0.3, -0.25) is 4.98 Å². The maximum Gasteiger partial charge on any atom is 0.0529 e. The van der Waals surface area contributed by atoms with Crippen LogP contribution in [0.1, 0.15) is 23.5 Å². The molecular formula is C20H22N4. The van der Waals surface area contributed by atoms with Crippen LogP contribution in [-0.2, 0) is 6.42 Å². The van der Waals surface area contributed by atoms with Gasteiger partial charge in [-0.05, 0) is 49.2 Å². The number of aromatic nitrogens is 2. The van der Waals surface area contributed by atoms with Crippen molar-refractivity contribution in [2.75, 3.05) is 18.9 Å². The van der Waals surface area contributed by atoms with E-state index in [1.165, 1.54) is 28.5 Å². The summed E-state index contributed by atoms with van der Waals surface area (Å²) in [6.07, 6.45) is 8.27. The van der Waals surface area contributed by atoms with Gasteiger partial charge in [0, 0.05) is 54.0 Å². The summed E-state index contributed by atoms with van der Waals surface area (Å²) >= 11 is 0. The highest BCUT2D eigenvalue weighted by Gasteiger charge is 2.39. The van der Waals surface area contributed by atoms with Crippen LogP contribution in [0.5, 0.6) is 0 Å². The van der Waals surface area contributed by atoms with E-state index >= 15 is 0 Å². The van der Waals surface area contributed by atoms with Gasteiger partial charge >= 0.3 is 0 Å². The number of hydrogen-bond acceptors (Lipinski definition) is 3. The minimum absolute atomic E-state index is 0.455. The number of fused-ring (bicyclic) bond motifs is 2. The minimum Gasteiger partial charge on any atom is -0.380 e. The average molecular weight is 318 g/mol. The molecule has 2 N–H and O–H groups in total. The molecule has 1 aromatic carbocycles. The highest BCUT2D eigenvalue weighted by Crippen LogP contribution is 2.43. The molecule has 0 amide bonds. The molecule has 3 aromatic rings. The number of nitrogens with one attached hydrogen (secondary N) is 2. The van der Waals surface area contributed by atoms with Crippen LogP contribution in [0.15, 0.2) is 48.9 Å². The Morgan fingerprint density at radius 3 is 3.08 bits per heavy atom. The SMILES string of the molecule is CN1C[C@H](Nc2cccnc2)CC2c3cccc4[nH]cc(c34)C[C@H]21. The van der Waals surface area contributed by atoms with E-state index in [1.807, 2.05) is 18.5 Å². The molecule has 1 aliphatic heterocycles. The molecule has 1 fully saturated rings. The zero-order valence-corrected chi connectivity index (χ0v) is 13.9. The molecule has 4 heteroatoms. The number of benzene rings is 1. The first-order chi connectivity index (χ1) is 11.8. The lowest BCUT2D eigenvalue weighted by molar-refractivity contribution is 0.147. The zero-order valence-electron chi connectivity index (χ0n) is 13.9. The van der Waals surface area contributed by atoms with Gasteiger partial charge in [0.05, 0.1) is 5.69 Å². The fourth-order valence-corrected chi connectivity index (χ4v) is 4.73. The van der Waals surface area contributed by atoms with E-state index in [2.05, 4.69) is 57.7 Å². The summed E-state index contributed by atoms with van der Waals surface area (Å²) in [6, 6.07) is 11.9. The number of H-pyrrole nitrogens is 1. The molecule has 1 unspecified atom stereocenters. The molecule has 3 heterocycles. The molecule has 0 saturated carbocycles. The van der Waals surface area contributed by atoms with Crippen molar-refractivity contribution in [3.63, 3.8) is 0 Å². The lowest BCUT2D eigenvalue weighted by atomic mass is 9.74. The van der Waals surface area contributed by atoms with E-state index in [0.29, 0.717) is 18.0 Å². The smallest absolute Gasteiger partial charge is 0.0529 e. The van der Waals surface area contributed by atoms with Gasteiger partial charge in [0.25, 0.3) is 0 Å². The third-order valence-corrected chi connectivity index (χ3v) is 5.76. The van der Waals surface area contributed by atoms with Crippen molar-refractivity contribution in [1.82, 2.24) is 14.9 Å². The molecule has 24 heavy (non-hydrogen) atoms. The monoisotopic (exact) mass is 318 g/mol. The van der Waals surface area contributed by atoms with Gasteiger partial charge in [-0.15, -0.1) is 0 Å². The molecule has 4 nitrogen and oxygen atoms in total. The predicted molar refractivity (Wildman–Crippen MR) is 97.4 cm³/mol. The van der Waals surface area contributed by atoms with Crippen molar-refractivity contribution < 1.29 is 0 Å². The molecule has 2 aromatic heterocycles. The van der Waals surface area contributed by atoms with Crippen LogP contribution in [0, 0.1) is 0 Å². The van der Waals surface area contributed by atoms with Crippen LogP contribution in [-0.4, -0.2) is 40.5 Å². The van der Waals surface area contributed by atoms with Crippen molar-refractivity contribution in [1.29, 1.82) is 0 Å². The average Bonchev–Trinajstić information content (AvgIpc) is 3.02. The number of piperidine rings is 1. The fourth-order valence-electron chi connectivity index (χ4n) is 4.73. The summed E-state index contributed by atoms with van der Waals surface area (Å²) in [7, 11) is 2.27. The normalized spacial score (nSPS) is 26.3. The Hall–Kier alpha value is -2.33. The lowest BCUT2D eigenvalue weighted by Crippen LogP contribution is -2.51. The van der Waals surface area contributed by atoms with Crippen molar-refractivity contribution in [3.05, 3.63) is 60.0 Å². The first kappa shape index (κ1) is 14.1. The van der Waals surface area contributed by atoms with E-state index < -0.39 is 0 Å². The fraction of sp³-hybridized carbons (Fsp3) is 0.350. The lowest BCUT2D eigenvalue weighted by Gasteiger charge is -2.45. The number of rotatable bonds is 2. The van der Waals surface area contributed by atoms with E-state index in [-0.39, 0.29) is 0 Å². The molecule has 0 radical (unpaired) electrons. The highest BCUT2D eigenvalue weighted by atomic mass is 15.2. The number of hydrogen-bond donors (Lipinski definition) is 2. The van der Waals surface area contributed by atoms with Gasteiger partial charge in [0.15, 0.2) is 0 Å². The second-order valence-electron chi connectivity index (χ2n) is 7.22. The largest absolute Gasteiger partial charge is 0.380 e. The van der Waals surface area contributed by atoms with E-state index in [0.717, 1.165) is 18.7 Å². The number of pyridine rings is 1. The topological polar surface area (TPSA) is 44.0 Å². The van der Waals surface area contributed by atoms with Gasteiger partial charge in [0.2, 0.25) is 0 Å². The summed E-state index contributed by atoms with van der Waals surface area (Å²) in [5.74, 6) is 0.588. The van der Waals surface area contributed by atoms with E-state index in [9.17, 15) is 0 Å². The molecule has 5 rings (SSSR count). The minimum atomic E-state index is 0.455. The van der Waals surface area contributed by atoms with Crippen LogP contribution in [0.2, 0.25) is 0 Å². The molecule has 0 bridgehead atoms. The van der Waals surface area contributed by atoms with Gasteiger partial charge in [-0.25, -0.2) is 0 Å². The molecule has 2 aliphatic rings. The predicted octanol–water partition coefficient (Wildman–Crippen LogP) is 3.39. The van der Waals surface area contributed by atoms with Crippen LogP contribution in [0.4, 0.5) is 5.69 Å². The summed E-state index contributed by atoms with van der Waals surface area (Å²) in [6.45, 7) is 1.08. The number of aromatic amines is 1. The Labute approximate surface area is 141 Å². The highest BCUT2D eigenvalue weighted by molar-refractivity contribution is 5.88. The summed E-state index contributed by atoms with van der Waals surface area (Å²) in [5, 5.41) is 5.15. The quantitative estimate of drug-likeness (QED) is 0.761. The first-order valence-electron chi connectivity index (χ1n) is 8.75. The molecule has 1 aliphatic carbocycles. The van der Waals surface area contributed by atoms with Crippen molar-refractivity contribution in [2.24, 2.45) is 0 Å². The van der Waals surface area contributed by atoms with Crippen molar-refractivity contribution >= 4 is 16.6 Å².